The van der Waals surface area contributed by atoms with Crippen LogP contribution in [0, 0.1) is 0 Å². The molecular weight excluding hydrogens is 1800 g/mol. The summed E-state index contributed by atoms with van der Waals surface area (Å²) in [5.74, 6) is 3.16. The van der Waals surface area contributed by atoms with Crippen molar-refractivity contribution in [2.24, 2.45) is 0 Å². The third-order valence-corrected chi connectivity index (χ3v) is 27.5. The molecule has 6 heterocycles. The minimum absolute atomic E-state index is 0.479. The van der Waals surface area contributed by atoms with Gasteiger partial charge in [-0.15, -0.1) is 0 Å². The lowest BCUT2D eigenvalue weighted by atomic mass is 10.0. The number of hydrogen-bond acceptors (Lipinski definition) is 12. The first-order chi connectivity index (χ1) is 72.9. The van der Waals surface area contributed by atoms with Gasteiger partial charge in [-0.05, 0) is 274 Å². The molecule has 22 aromatic carbocycles. The molecule has 0 radical (unpaired) electrons. The van der Waals surface area contributed by atoms with E-state index in [1.165, 1.54) is 87.1 Å². The molecule has 0 amide bonds. The summed E-state index contributed by atoms with van der Waals surface area (Å²) in [7, 11) is 0. The fourth-order valence-electron chi connectivity index (χ4n) is 20.5. The summed E-state index contributed by atoms with van der Waals surface area (Å²) >= 11 is 0. The number of anilines is 9. The Balaban J connectivity index is 0.000000112. The monoisotopic (exact) mass is 1890 g/mol. The zero-order chi connectivity index (χ0) is 97.5. The maximum atomic E-state index is 5.77. The van der Waals surface area contributed by atoms with Crippen LogP contribution in [0.15, 0.2) is 547 Å². The maximum Gasteiger partial charge on any atom is 0.258 e. The van der Waals surface area contributed by atoms with E-state index in [-0.39, 0.29) is 0 Å². The molecule has 0 atom stereocenters. The van der Waals surface area contributed by atoms with Crippen LogP contribution in [0.3, 0.4) is 0 Å². The van der Waals surface area contributed by atoms with Crippen molar-refractivity contribution in [3.05, 3.63) is 534 Å². The first-order valence-electron chi connectivity index (χ1n) is 49.1. The van der Waals surface area contributed by atoms with Gasteiger partial charge in [0.05, 0.1) is 33.1 Å². The van der Waals surface area contributed by atoms with E-state index in [0.29, 0.717) is 35.1 Å². The van der Waals surface area contributed by atoms with Crippen LogP contribution in [0.25, 0.3) is 194 Å². The molecule has 15 nitrogen and oxygen atoms in total. The van der Waals surface area contributed by atoms with Gasteiger partial charge in [0.15, 0.2) is 0 Å². The first kappa shape index (κ1) is 87.1. The van der Waals surface area contributed by atoms with E-state index in [4.69, 9.17) is 28.5 Å². The normalized spacial score (nSPS) is 11.4. The number of benzene rings is 22. The molecule has 0 saturated carbocycles. The minimum atomic E-state index is 0.479. The van der Waals surface area contributed by atoms with Crippen molar-refractivity contribution < 1.29 is 13.6 Å². The summed E-state index contributed by atoms with van der Waals surface area (Å²) in [5, 5.41) is 27.5. The number of para-hydroxylation sites is 9. The standard InChI is InChI=1S/C48H32N4O.2C42H28N4O/c1-2-12-39(13-3-1)51(41-28-30-42(31-29-41)52-45-16-8-6-14-43(45)44-15-7-9-17-46(44)52)40-26-24-36(25-27-40)48-49-47(50-53-48)35-21-18-34(19-22-35)38-23-20-33-10-4-5-11-37(33)32-38;1-2-13-31(14-3-1)45(33-25-27-34(28-26-33)46-39-19-8-6-16-36(39)37-17-7-9-20-40(37)46)32-23-21-30(22-24-32)42-43-41(44-47-42)38-18-10-12-29-11-4-5-15-35(29)38;1-2-12-33(13-3-1)45(35-24-26-36(27-25-35)46-39-16-8-6-14-37(39)38-15-7-9-17-40(38)46)34-22-20-30(21-23-34)42-43-41(44-47-42)32-19-18-29-10-4-5-11-31(29)28-32/h1-32H;2*1-28H. The Labute approximate surface area is 846 Å². The van der Waals surface area contributed by atoms with Crippen molar-refractivity contribution in [2.45, 2.75) is 0 Å². The lowest BCUT2D eigenvalue weighted by molar-refractivity contribution is 0.432. The Kier molecular flexibility index (Phi) is 22.6. The van der Waals surface area contributed by atoms with Gasteiger partial charge in [-0.1, -0.05) is 319 Å². The highest BCUT2D eigenvalue weighted by atomic mass is 16.5. The third-order valence-electron chi connectivity index (χ3n) is 27.5. The molecule has 28 aromatic rings. The predicted molar refractivity (Wildman–Crippen MR) is 601 cm³/mol. The van der Waals surface area contributed by atoms with Gasteiger partial charge in [0, 0.05) is 134 Å². The lowest BCUT2D eigenvalue weighted by Crippen LogP contribution is -2.10. The first-order valence-corrected chi connectivity index (χ1v) is 49.1. The van der Waals surface area contributed by atoms with Gasteiger partial charge in [0.1, 0.15) is 0 Å². The van der Waals surface area contributed by atoms with Crippen LogP contribution in [0.1, 0.15) is 0 Å². The predicted octanol–water partition coefficient (Wildman–Crippen LogP) is 35.0. The summed E-state index contributed by atoms with van der Waals surface area (Å²) in [6, 6.07) is 186. The highest BCUT2D eigenvalue weighted by molar-refractivity contribution is 6.12. The second kappa shape index (κ2) is 38.1. The molecule has 0 unspecified atom stereocenters. The Hall–Kier alpha value is -20.2. The topological polar surface area (TPSA) is 141 Å². The van der Waals surface area contributed by atoms with E-state index in [1.807, 2.05) is 109 Å². The third kappa shape index (κ3) is 16.7. The van der Waals surface area contributed by atoms with Crippen molar-refractivity contribution >= 4 is 149 Å². The van der Waals surface area contributed by atoms with E-state index in [0.717, 1.165) is 123 Å². The average molecular weight is 1890 g/mol. The zero-order valence-electron chi connectivity index (χ0n) is 79.4. The highest BCUT2D eigenvalue weighted by Crippen LogP contribution is 2.45. The molecular formula is C132H88N12O3. The van der Waals surface area contributed by atoms with E-state index < -0.39 is 0 Å². The number of hydrogen-bond donors (Lipinski definition) is 0. The van der Waals surface area contributed by atoms with E-state index in [9.17, 15) is 0 Å². The van der Waals surface area contributed by atoms with Gasteiger partial charge in [-0.25, -0.2) is 0 Å². The molecule has 694 valence electrons. The fraction of sp³-hybridized carbons (Fsp3) is 0. The van der Waals surface area contributed by atoms with Crippen LogP contribution in [0.5, 0.6) is 0 Å². The van der Waals surface area contributed by atoms with Gasteiger partial charge >= 0.3 is 0 Å². The molecule has 0 fully saturated rings. The summed E-state index contributed by atoms with van der Waals surface area (Å²) in [6.07, 6.45) is 0. The lowest BCUT2D eigenvalue weighted by Gasteiger charge is -2.26. The highest BCUT2D eigenvalue weighted by Gasteiger charge is 2.24. The molecule has 6 aromatic heterocycles. The summed E-state index contributed by atoms with van der Waals surface area (Å²) in [4.78, 5) is 21.1. The average Bonchev–Trinajstić information content (AvgIpc) is 1.60. The minimum Gasteiger partial charge on any atom is -0.334 e. The molecule has 0 aliphatic heterocycles. The van der Waals surface area contributed by atoms with Crippen molar-refractivity contribution in [3.8, 4) is 96.7 Å². The van der Waals surface area contributed by atoms with Crippen LogP contribution in [-0.2, 0) is 0 Å². The molecule has 0 aliphatic rings. The molecule has 147 heavy (non-hydrogen) atoms. The van der Waals surface area contributed by atoms with Crippen LogP contribution in [-0.4, -0.2) is 44.1 Å². The second-order valence-electron chi connectivity index (χ2n) is 36.3. The van der Waals surface area contributed by atoms with Gasteiger partial charge in [-0.3, -0.25) is 0 Å². The Bertz CT molecular complexity index is 9490. The quantitative estimate of drug-likeness (QED) is 0.0761. The number of nitrogens with zero attached hydrogens (tertiary/aromatic N) is 12. The van der Waals surface area contributed by atoms with Gasteiger partial charge in [-0.2, -0.15) is 15.0 Å². The molecule has 0 aliphatic carbocycles. The molecule has 15 heteroatoms. The van der Waals surface area contributed by atoms with Crippen molar-refractivity contribution in [2.75, 3.05) is 14.7 Å². The Morgan fingerprint density at radius 1 is 0.156 bits per heavy atom. The van der Waals surface area contributed by atoms with Crippen molar-refractivity contribution in [3.63, 3.8) is 0 Å². The number of rotatable bonds is 19. The van der Waals surface area contributed by atoms with Crippen LogP contribution in [0.4, 0.5) is 51.2 Å². The SMILES string of the molecule is c1ccc(N(c2ccc(-c3nc(-c4ccc(-c5ccc6ccccc6c5)cc4)no3)cc2)c2ccc(-n3c4ccccc4c4ccccc43)cc2)cc1.c1ccc(N(c2ccc(-c3nc(-c4ccc5ccccc5c4)no3)cc2)c2ccc(-n3c4ccccc4c4ccccc43)cc2)cc1.c1ccc(N(c2ccc(-c3nc(-c4cccc5ccccc45)no3)cc2)c2ccc(-n3c4ccccc4c4ccccc43)cc2)cc1. The molecule has 0 bridgehead atoms. The maximum absolute atomic E-state index is 5.77. The van der Waals surface area contributed by atoms with Crippen molar-refractivity contribution in [1.82, 2.24) is 44.1 Å². The number of aromatic nitrogens is 9. The Morgan fingerprint density at radius 3 is 0.748 bits per heavy atom. The van der Waals surface area contributed by atoms with Crippen LogP contribution < -0.4 is 14.7 Å². The van der Waals surface area contributed by atoms with Gasteiger partial charge < -0.3 is 42.0 Å². The van der Waals surface area contributed by atoms with E-state index in [1.54, 1.807) is 0 Å². The van der Waals surface area contributed by atoms with Gasteiger partial charge in [0.2, 0.25) is 17.5 Å². The largest absolute Gasteiger partial charge is 0.334 e. The summed E-state index contributed by atoms with van der Waals surface area (Å²) in [6.45, 7) is 0. The van der Waals surface area contributed by atoms with Crippen LogP contribution >= 0.6 is 0 Å². The molecule has 0 spiro atoms. The molecule has 0 saturated heterocycles. The van der Waals surface area contributed by atoms with E-state index >= 15 is 0 Å². The van der Waals surface area contributed by atoms with E-state index in [2.05, 4.69) is 469 Å². The van der Waals surface area contributed by atoms with Crippen molar-refractivity contribution in [1.29, 1.82) is 0 Å². The number of fused-ring (bicyclic) bond motifs is 12. The Morgan fingerprint density at radius 2 is 0.395 bits per heavy atom. The molecule has 0 N–H and O–H groups in total. The summed E-state index contributed by atoms with van der Waals surface area (Å²) in [5.41, 5.74) is 27.7. The van der Waals surface area contributed by atoms with Gasteiger partial charge in [0.25, 0.3) is 17.7 Å². The second-order valence-corrected chi connectivity index (χ2v) is 36.3. The van der Waals surface area contributed by atoms with Crippen LogP contribution in [0.2, 0.25) is 0 Å². The summed E-state index contributed by atoms with van der Waals surface area (Å²) < 4.78 is 24.3. The zero-order valence-corrected chi connectivity index (χ0v) is 79.4. The fourth-order valence-corrected chi connectivity index (χ4v) is 20.5. The molecule has 28 rings (SSSR count). The smallest absolute Gasteiger partial charge is 0.258 e.